The van der Waals surface area contributed by atoms with Gasteiger partial charge in [-0.1, -0.05) is 0 Å². The van der Waals surface area contributed by atoms with Crippen LogP contribution in [0.2, 0.25) is 0 Å². The Morgan fingerprint density at radius 3 is 2.92 bits per heavy atom. The molecule has 0 aliphatic rings. The maximum atomic E-state index is 10.5. The third kappa shape index (κ3) is 2.75. The minimum Gasteiger partial charge on any atom is -0.480 e. The first-order chi connectivity index (χ1) is 6.09. The summed E-state index contributed by atoms with van der Waals surface area (Å²) in [4.78, 5) is 20.8. The molecule has 72 valence electrons. The van der Waals surface area contributed by atoms with Crippen LogP contribution in [0, 0.1) is 0 Å². The smallest absolute Gasteiger partial charge is 0.357 e. The van der Waals surface area contributed by atoms with Crippen molar-refractivity contribution in [2.75, 3.05) is 0 Å². The lowest BCUT2D eigenvalue weighted by Gasteiger charge is -2.02. The van der Waals surface area contributed by atoms with E-state index in [0.29, 0.717) is 12.1 Å². The summed E-state index contributed by atoms with van der Waals surface area (Å²) in [7, 11) is 0. The molecule has 13 heavy (non-hydrogen) atoms. The Morgan fingerprint density at radius 1 is 1.77 bits per heavy atom. The number of nitrogens with two attached hydrogens (primary N) is 1. The van der Waals surface area contributed by atoms with Crippen molar-refractivity contribution in [1.29, 1.82) is 0 Å². The molecule has 1 rings (SSSR count). The van der Waals surface area contributed by atoms with Crippen LogP contribution in [-0.4, -0.2) is 22.3 Å². The molecule has 0 bridgehead atoms. The number of H-pyrrole nitrogens is 1. The van der Waals surface area contributed by atoms with E-state index in [1.165, 1.54) is 6.07 Å². The molecule has 0 aliphatic heterocycles. The van der Waals surface area contributed by atoms with Gasteiger partial charge in [-0.25, -0.2) is 9.95 Å². The first kappa shape index (κ1) is 9.53. The van der Waals surface area contributed by atoms with Gasteiger partial charge in [-0.15, -0.1) is 0 Å². The number of aromatic amines is 1. The summed E-state index contributed by atoms with van der Waals surface area (Å²) in [6, 6.07) is 0.368. The highest BCUT2D eigenvalue weighted by Gasteiger charge is 2.11. The van der Waals surface area contributed by atoms with Crippen LogP contribution in [0.5, 0.6) is 0 Å². The standard InChI is InChI=1S/C7H10N2O4/c8-5(7(11)12)2-1-4-3-6(10)13-9-4/h3,5,9H,1-2,8H2,(H,11,12)/t5-/m1/s1. The van der Waals surface area contributed by atoms with Crippen molar-refractivity contribution in [3.05, 3.63) is 22.2 Å². The number of hydrogen-bond acceptors (Lipinski definition) is 4. The lowest BCUT2D eigenvalue weighted by atomic mass is 10.1. The van der Waals surface area contributed by atoms with E-state index < -0.39 is 17.6 Å². The van der Waals surface area contributed by atoms with Gasteiger partial charge in [-0.2, -0.15) is 0 Å². The number of rotatable bonds is 4. The zero-order chi connectivity index (χ0) is 9.84. The van der Waals surface area contributed by atoms with Crippen LogP contribution < -0.4 is 11.4 Å². The summed E-state index contributed by atoms with van der Waals surface area (Å²) in [6.45, 7) is 0. The van der Waals surface area contributed by atoms with E-state index in [4.69, 9.17) is 10.8 Å². The monoisotopic (exact) mass is 186 g/mol. The van der Waals surface area contributed by atoms with Crippen LogP contribution in [0.4, 0.5) is 0 Å². The van der Waals surface area contributed by atoms with Crippen molar-refractivity contribution < 1.29 is 14.4 Å². The van der Waals surface area contributed by atoms with Gasteiger partial charge in [0.2, 0.25) is 0 Å². The van der Waals surface area contributed by atoms with Crippen molar-refractivity contribution >= 4 is 5.97 Å². The molecule has 1 aromatic rings. The van der Waals surface area contributed by atoms with E-state index in [2.05, 4.69) is 9.68 Å². The van der Waals surface area contributed by atoms with E-state index in [1.54, 1.807) is 0 Å². The van der Waals surface area contributed by atoms with Gasteiger partial charge in [-0.05, 0) is 12.8 Å². The molecular weight excluding hydrogens is 176 g/mol. The van der Waals surface area contributed by atoms with E-state index in [1.807, 2.05) is 0 Å². The molecule has 1 aromatic heterocycles. The molecule has 1 heterocycles. The molecule has 0 aromatic carbocycles. The lowest BCUT2D eigenvalue weighted by Crippen LogP contribution is -2.30. The van der Waals surface area contributed by atoms with Crippen molar-refractivity contribution in [1.82, 2.24) is 5.16 Å². The second kappa shape index (κ2) is 3.90. The Labute approximate surface area is 73.3 Å². The van der Waals surface area contributed by atoms with Crippen molar-refractivity contribution in [3.8, 4) is 0 Å². The van der Waals surface area contributed by atoms with Gasteiger partial charge in [0.25, 0.3) is 0 Å². The second-order valence-electron chi connectivity index (χ2n) is 2.68. The first-order valence-electron chi connectivity index (χ1n) is 3.75. The fourth-order valence-corrected chi connectivity index (χ4v) is 0.875. The van der Waals surface area contributed by atoms with Crippen LogP contribution >= 0.6 is 0 Å². The van der Waals surface area contributed by atoms with Crippen LogP contribution in [0.1, 0.15) is 12.1 Å². The Kier molecular flexibility index (Phi) is 2.86. The molecule has 0 fully saturated rings. The second-order valence-corrected chi connectivity index (χ2v) is 2.68. The predicted octanol–water partition coefficient (Wildman–Crippen LogP) is -0.688. The number of aromatic nitrogens is 1. The van der Waals surface area contributed by atoms with Crippen LogP contribution in [0.3, 0.4) is 0 Å². The summed E-state index contributed by atoms with van der Waals surface area (Å²) in [5.74, 6) is -1.05. The molecule has 0 radical (unpaired) electrons. The highest BCUT2D eigenvalue weighted by molar-refractivity contribution is 5.72. The maximum absolute atomic E-state index is 10.5. The fraction of sp³-hybridized carbons (Fsp3) is 0.429. The highest BCUT2D eigenvalue weighted by Crippen LogP contribution is 1.98. The van der Waals surface area contributed by atoms with Crippen LogP contribution in [0.25, 0.3) is 0 Å². The van der Waals surface area contributed by atoms with Gasteiger partial charge >= 0.3 is 11.6 Å². The van der Waals surface area contributed by atoms with Crippen molar-refractivity contribution in [2.24, 2.45) is 5.73 Å². The third-order valence-electron chi connectivity index (χ3n) is 1.62. The quantitative estimate of drug-likeness (QED) is 0.576. The van der Waals surface area contributed by atoms with Gasteiger partial charge in [0.15, 0.2) is 0 Å². The van der Waals surface area contributed by atoms with E-state index in [0.717, 1.165) is 0 Å². The van der Waals surface area contributed by atoms with Gasteiger partial charge in [0, 0.05) is 6.07 Å². The zero-order valence-electron chi connectivity index (χ0n) is 6.82. The summed E-state index contributed by atoms with van der Waals surface area (Å²) in [5.41, 5.74) is 5.33. The predicted molar refractivity (Wildman–Crippen MR) is 43.3 cm³/mol. The van der Waals surface area contributed by atoms with Gasteiger partial charge < -0.3 is 15.4 Å². The number of carbonyl (C=O) groups is 1. The average molecular weight is 186 g/mol. The molecular formula is C7H10N2O4. The number of hydrogen-bond donors (Lipinski definition) is 3. The number of carboxylic acids is 1. The first-order valence-corrected chi connectivity index (χ1v) is 3.75. The molecule has 0 aliphatic carbocycles. The molecule has 0 unspecified atom stereocenters. The highest BCUT2D eigenvalue weighted by atomic mass is 16.5. The minimum atomic E-state index is -1.05. The number of aryl methyl sites for hydroxylation is 1. The Hall–Kier alpha value is -1.56. The minimum absolute atomic E-state index is 0.269. The molecule has 1 atom stereocenters. The number of carboxylic acid groups (broad SMARTS) is 1. The number of aliphatic carboxylic acids is 1. The number of nitrogens with one attached hydrogen (secondary N) is 1. The molecule has 6 heteroatoms. The van der Waals surface area contributed by atoms with Crippen LogP contribution in [0.15, 0.2) is 15.4 Å². The Morgan fingerprint density at radius 2 is 2.46 bits per heavy atom. The van der Waals surface area contributed by atoms with Crippen molar-refractivity contribution in [2.45, 2.75) is 18.9 Å². The van der Waals surface area contributed by atoms with E-state index in [-0.39, 0.29) is 6.42 Å². The summed E-state index contributed by atoms with van der Waals surface area (Å²) in [5, 5.41) is 10.8. The van der Waals surface area contributed by atoms with Crippen molar-refractivity contribution in [3.63, 3.8) is 0 Å². The normalized spacial score (nSPS) is 12.7. The van der Waals surface area contributed by atoms with E-state index >= 15 is 0 Å². The topological polar surface area (TPSA) is 109 Å². The zero-order valence-corrected chi connectivity index (χ0v) is 6.82. The largest absolute Gasteiger partial charge is 0.480 e. The maximum Gasteiger partial charge on any atom is 0.357 e. The molecule has 0 saturated carbocycles. The summed E-state index contributed by atoms with van der Waals surface area (Å²) in [6.07, 6.45) is 0.657. The Balaban J connectivity index is 2.43. The average Bonchev–Trinajstić information content (AvgIpc) is 2.47. The van der Waals surface area contributed by atoms with Gasteiger partial charge in [-0.3, -0.25) is 4.79 Å². The molecule has 6 nitrogen and oxygen atoms in total. The molecule has 0 amide bonds. The van der Waals surface area contributed by atoms with Gasteiger partial charge in [0.05, 0.1) is 5.69 Å². The Bertz CT molecular complexity index is 340. The molecule has 0 saturated heterocycles. The molecule has 0 spiro atoms. The SMILES string of the molecule is N[C@H](CCc1cc(=O)o[nH]1)C(=O)O. The lowest BCUT2D eigenvalue weighted by molar-refractivity contribution is -0.138. The summed E-state index contributed by atoms with van der Waals surface area (Å²) >= 11 is 0. The van der Waals surface area contributed by atoms with Crippen LogP contribution in [-0.2, 0) is 11.2 Å². The summed E-state index contributed by atoms with van der Waals surface area (Å²) < 4.78 is 4.39. The fourth-order valence-electron chi connectivity index (χ4n) is 0.875. The third-order valence-corrected chi connectivity index (χ3v) is 1.62. The van der Waals surface area contributed by atoms with Gasteiger partial charge in [0.1, 0.15) is 6.04 Å². The molecule has 4 N–H and O–H groups in total. The van der Waals surface area contributed by atoms with E-state index in [9.17, 15) is 9.59 Å².